The Balaban J connectivity index is 0.00000499. The zero-order chi connectivity index (χ0) is 41.3. The molecule has 0 fully saturated rings. The molecule has 6 aromatic carbocycles. The topological polar surface area (TPSA) is 35.9 Å². The molecule has 9 aromatic rings. The summed E-state index contributed by atoms with van der Waals surface area (Å²) in [6.45, 7) is 20.3. The Hall–Kier alpha value is -5.77. The summed E-state index contributed by atoms with van der Waals surface area (Å²) < 4.78 is 13.3. The van der Waals surface area contributed by atoms with Gasteiger partial charge in [0.15, 0.2) is 0 Å². The van der Waals surface area contributed by atoms with E-state index in [4.69, 9.17) is 9.72 Å². The van der Waals surface area contributed by atoms with Gasteiger partial charge in [0.05, 0.1) is 16.7 Å². The van der Waals surface area contributed by atoms with Crippen molar-refractivity contribution in [3.8, 4) is 39.8 Å². The summed E-state index contributed by atoms with van der Waals surface area (Å²) in [6, 6.07) is 54.3. The minimum absolute atomic E-state index is 0. The zero-order valence-electron chi connectivity index (χ0n) is 35.8. The molecule has 0 aliphatic heterocycles. The summed E-state index contributed by atoms with van der Waals surface area (Å²) >= 11 is 0. The summed E-state index contributed by atoms with van der Waals surface area (Å²) in [5, 5.41) is 2.22. The van der Waals surface area contributed by atoms with Crippen LogP contribution in [0.2, 0.25) is 0 Å². The van der Waals surface area contributed by atoms with Crippen LogP contribution in [0.25, 0.3) is 61.2 Å². The van der Waals surface area contributed by atoms with Gasteiger partial charge in [-0.2, -0.15) is 12.1 Å². The molecule has 9 rings (SSSR count). The van der Waals surface area contributed by atoms with Crippen molar-refractivity contribution >= 4 is 32.8 Å². The Morgan fingerprint density at radius 3 is 1.90 bits per heavy atom. The van der Waals surface area contributed by atoms with Gasteiger partial charge in [-0.1, -0.05) is 147 Å². The minimum atomic E-state index is -0.0285. The van der Waals surface area contributed by atoms with Gasteiger partial charge in [0.25, 0.3) is 6.33 Å². The third kappa shape index (κ3) is 7.72. The molecule has 0 unspecified atom stereocenters. The fraction of sp³-hybridized carbons (Fsp3) is 0.222. The van der Waals surface area contributed by atoms with E-state index in [1.54, 1.807) is 0 Å². The van der Waals surface area contributed by atoms with Crippen molar-refractivity contribution in [2.75, 3.05) is 0 Å². The predicted molar refractivity (Wildman–Crippen MR) is 242 cm³/mol. The summed E-state index contributed by atoms with van der Waals surface area (Å²) in [4.78, 5) is 4.87. The standard InChI is InChI=1S/C54H50N4O.Pt/c1-52(2,3)38-25-26-55-51(32-38)58-47-20-14-13-19-45(47)46-24-23-43(34-50(46)58)59-44-28-37(36-17-11-10-12-18-36)27-41(33-44)56-35-57(49-22-16-15-21-48(49)56)42-30-39(53(4,5)6)29-40(31-42)54(7,8)9;/h10-32H,1-9H3;/q-2;. The van der Waals surface area contributed by atoms with Crippen LogP contribution < -0.4 is 9.30 Å². The van der Waals surface area contributed by atoms with Gasteiger partial charge in [-0.15, -0.1) is 35.2 Å². The minimum Gasteiger partial charge on any atom is -0.510 e. The Morgan fingerprint density at radius 1 is 0.550 bits per heavy atom. The summed E-state index contributed by atoms with van der Waals surface area (Å²) in [5.74, 6) is 2.02. The van der Waals surface area contributed by atoms with Crippen molar-refractivity contribution in [2.24, 2.45) is 0 Å². The van der Waals surface area contributed by atoms with Crippen LogP contribution in [0.4, 0.5) is 0 Å². The number of nitrogens with zero attached hydrogens (tertiary/aromatic N) is 4. The second-order valence-electron chi connectivity index (χ2n) is 18.7. The van der Waals surface area contributed by atoms with Crippen LogP contribution >= 0.6 is 0 Å². The van der Waals surface area contributed by atoms with Crippen molar-refractivity contribution in [1.82, 2.24) is 14.1 Å². The number of hydrogen-bond acceptors (Lipinski definition) is 2. The van der Waals surface area contributed by atoms with Crippen LogP contribution in [0.1, 0.15) is 79.0 Å². The predicted octanol–water partition coefficient (Wildman–Crippen LogP) is 13.1. The van der Waals surface area contributed by atoms with Gasteiger partial charge >= 0.3 is 0 Å². The molecule has 0 N–H and O–H groups in total. The smallest absolute Gasteiger partial charge is 0.268 e. The van der Waals surface area contributed by atoms with Crippen molar-refractivity contribution in [3.05, 3.63) is 175 Å². The van der Waals surface area contributed by atoms with Gasteiger partial charge < -0.3 is 13.9 Å². The fourth-order valence-electron chi connectivity index (χ4n) is 7.84. The molecule has 0 spiro atoms. The largest absolute Gasteiger partial charge is 0.510 e. The quantitative estimate of drug-likeness (QED) is 0.123. The average molecular weight is 966 g/mol. The molecule has 6 heteroatoms. The summed E-state index contributed by atoms with van der Waals surface area (Å²) in [7, 11) is 0. The number of fused-ring (bicyclic) bond motifs is 4. The number of para-hydroxylation sites is 3. The SMILES string of the molecule is CC(C)(C)c1cc(-[n+]2[c-]n(-c3[c-]c(Oc4[c-]c5c(cc4)c4ccccc4n5-c4cc(C(C)(C)C)ccn4)cc(-c4ccccc4)c3)c3ccccc32)cc(C(C)(C)C)c1.[Pt]. The first-order chi connectivity index (χ1) is 28.1. The van der Waals surface area contributed by atoms with Crippen molar-refractivity contribution in [2.45, 2.75) is 78.6 Å². The maximum atomic E-state index is 6.81. The molecule has 0 amide bonds. The van der Waals surface area contributed by atoms with Gasteiger partial charge in [-0.05, 0) is 79.9 Å². The summed E-state index contributed by atoms with van der Waals surface area (Å²) in [6.07, 6.45) is 5.66. The molecule has 0 atom stereocenters. The molecule has 0 saturated carbocycles. The van der Waals surface area contributed by atoms with E-state index < -0.39 is 0 Å². The van der Waals surface area contributed by atoms with Crippen LogP contribution in [0.15, 0.2) is 140 Å². The fourth-order valence-corrected chi connectivity index (χ4v) is 7.84. The molecular weight excluding hydrogens is 916 g/mol. The number of pyridine rings is 1. The van der Waals surface area contributed by atoms with Gasteiger partial charge in [-0.25, -0.2) is 4.98 Å². The molecule has 0 radical (unpaired) electrons. The molecule has 304 valence electrons. The molecular formula is C54H50N4OPt-2. The Kier molecular flexibility index (Phi) is 10.5. The molecule has 0 bridgehead atoms. The number of hydrogen-bond donors (Lipinski definition) is 0. The van der Waals surface area contributed by atoms with Crippen molar-refractivity contribution in [3.63, 3.8) is 0 Å². The molecule has 3 aromatic heterocycles. The molecule has 0 saturated heterocycles. The van der Waals surface area contributed by atoms with Crippen molar-refractivity contribution in [1.29, 1.82) is 0 Å². The van der Waals surface area contributed by atoms with Crippen molar-refractivity contribution < 1.29 is 30.4 Å². The van der Waals surface area contributed by atoms with Gasteiger partial charge in [0.2, 0.25) is 0 Å². The maximum absolute atomic E-state index is 6.81. The van der Waals surface area contributed by atoms with E-state index in [2.05, 4.69) is 216 Å². The van der Waals surface area contributed by atoms with Gasteiger partial charge in [-0.3, -0.25) is 4.57 Å². The normalized spacial score (nSPS) is 12.3. The maximum Gasteiger partial charge on any atom is 0.268 e. The second kappa shape index (κ2) is 15.4. The molecule has 0 aliphatic carbocycles. The molecule has 5 nitrogen and oxygen atoms in total. The average Bonchev–Trinajstić information content (AvgIpc) is 3.76. The molecule has 0 aliphatic rings. The van der Waals surface area contributed by atoms with Crippen LogP contribution in [0.5, 0.6) is 11.5 Å². The number of benzene rings is 6. The first-order valence-corrected chi connectivity index (χ1v) is 20.5. The van der Waals surface area contributed by atoms with E-state index in [1.165, 1.54) is 16.7 Å². The second-order valence-corrected chi connectivity index (χ2v) is 18.7. The molecule has 60 heavy (non-hydrogen) atoms. The Morgan fingerprint density at radius 2 is 1.20 bits per heavy atom. The Bertz CT molecular complexity index is 2990. The Labute approximate surface area is 368 Å². The van der Waals surface area contributed by atoms with Gasteiger partial charge in [0.1, 0.15) is 5.82 Å². The first kappa shape index (κ1) is 41.0. The van der Waals surface area contributed by atoms with E-state index in [0.29, 0.717) is 11.5 Å². The van der Waals surface area contributed by atoms with Crippen LogP contribution in [-0.2, 0) is 37.3 Å². The summed E-state index contributed by atoms with van der Waals surface area (Å²) in [5.41, 5.74) is 11.7. The first-order valence-electron chi connectivity index (χ1n) is 20.5. The van der Waals surface area contributed by atoms with Gasteiger partial charge in [0, 0.05) is 44.3 Å². The molecule has 3 heterocycles. The monoisotopic (exact) mass is 965 g/mol. The number of aromatic nitrogens is 4. The van der Waals surface area contributed by atoms with E-state index in [9.17, 15) is 0 Å². The van der Waals surface area contributed by atoms with Crippen LogP contribution in [0, 0.1) is 18.5 Å². The third-order valence-corrected chi connectivity index (χ3v) is 11.3. The van der Waals surface area contributed by atoms with E-state index in [0.717, 1.165) is 61.2 Å². The van der Waals surface area contributed by atoms with E-state index >= 15 is 0 Å². The van der Waals surface area contributed by atoms with Crippen LogP contribution in [-0.4, -0.2) is 14.1 Å². The van der Waals surface area contributed by atoms with E-state index in [-0.39, 0.29) is 37.3 Å². The zero-order valence-corrected chi connectivity index (χ0v) is 38.1. The number of imidazole rings is 1. The number of ether oxygens (including phenoxy) is 1. The van der Waals surface area contributed by atoms with Crippen LogP contribution in [0.3, 0.4) is 0 Å². The number of rotatable bonds is 6. The van der Waals surface area contributed by atoms with E-state index in [1.807, 2.05) is 18.3 Å². The third-order valence-electron chi connectivity index (χ3n) is 11.3.